The summed E-state index contributed by atoms with van der Waals surface area (Å²) in [6, 6.07) is 5.43. The van der Waals surface area contributed by atoms with Crippen molar-refractivity contribution in [2.75, 3.05) is 0 Å². The van der Waals surface area contributed by atoms with Gasteiger partial charge < -0.3 is 14.9 Å². The fourth-order valence-electron chi connectivity index (χ4n) is 1.26. The molecule has 0 fully saturated rings. The molecule has 1 aromatic carbocycles. The maximum absolute atomic E-state index is 8.96. The van der Waals surface area contributed by atoms with E-state index >= 15 is 0 Å². The van der Waals surface area contributed by atoms with E-state index < -0.39 is 0 Å². The molecule has 0 aliphatic heterocycles. The van der Waals surface area contributed by atoms with E-state index in [1.54, 1.807) is 6.07 Å². The summed E-state index contributed by atoms with van der Waals surface area (Å²) in [4.78, 5) is 0. The monoisotopic (exact) mass is 194 g/mol. The quantitative estimate of drug-likeness (QED) is 0.695. The lowest BCUT2D eigenvalue weighted by Gasteiger charge is -2.06. The third-order valence-corrected chi connectivity index (χ3v) is 1.85. The van der Waals surface area contributed by atoms with Crippen molar-refractivity contribution < 1.29 is 14.9 Å². The van der Waals surface area contributed by atoms with Gasteiger partial charge in [0.25, 0.3) is 0 Å². The molecule has 0 saturated carbocycles. The van der Waals surface area contributed by atoms with Crippen LogP contribution in [0.4, 0.5) is 0 Å². The van der Waals surface area contributed by atoms with Crippen molar-refractivity contribution in [1.29, 1.82) is 0 Å². The lowest BCUT2D eigenvalue weighted by Crippen LogP contribution is -1.94. The molecule has 0 bridgehead atoms. The summed E-state index contributed by atoms with van der Waals surface area (Å²) in [6.07, 6.45) is 1.37. The van der Waals surface area contributed by atoms with Crippen LogP contribution >= 0.6 is 0 Å². The highest BCUT2D eigenvalue weighted by atomic mass is 16.5. The highest BCUT2D eigenvalue weighted by molar-refractivity contribution is 5.29. The second kappa shape index (κ2) is 5.42. The first-order valence-corrected chi connectivity index (χ1v) is 4.36. The van der Waals surface area contributed by atoms with Gasteiger partial charge in [-0.3, -0.25) is 0 Å². The fraction of sp³-hybridized carbons (Fsp3) is 0.273. The molecule has 0 atom stereocenters. The number of hydrogen-bond donors (Lipinski definition) is 2. The van der Waals surface area contributed by atoms with Crippen LogP contribution in [0, 0.1) is 0 Å². The molecule has 14 heavy (non-hydrogen) atoms. The van der Waals surface area contributed by atoms with Crippen LogP contribution in [0.1, 0.15) is 16.7 Å². The largest absolute Gasteiger partial charge is 0.497 e. The Morgan fingerprint density at radius 3 is 2.00 bits per heavy atom. The molecule has 2 N–H and O–H groups in total. The Kier molecular flexibility index (Phi) is 4.16. The van der Waals surface area contributed by atoms with Gasteiger partial charge in [-0.1, -0.05) is 24.8 Å². The molecule has 3 nitrogen and oxygen atoms in total. The van der Waals surface area contributed by atoms with E-state index in [1.807, 2.05) is 12.1 Å². The highest BCUT2D eigenvalue weighted by Crippen LogP contribution is 2.11. The van der Waals surface area contributed by atoms with E-state index in [0.29, 0.717) is 6.61 Å². The average Bonchev–Trinajstić information content (AvgIpc) is 2.25. The lowest BCUT2D eigenvalue weighted by molar-refractivity contribution is 0.236. The molecule has 0 radical (unpaired) electrons. The third kappa shape index (κ3) is 2.87. The van der Waals surface area contributed by atoms with E-state index in [2.05, 4.69) is 6.58 Å². The zero-order chi connectivity index (χ0) is 10.4. The van der Waals surface area contributed by atoms with Crippen molar-refractivity contribution >= 4 is 0 Å². The van der Waals surface area contributed by atoms with Gasteiger partial charge in [-0.05, 0) is 16.7 Å². The Labute approximate surface area is 83.3 Å². The minimum Gasteiger partial charge on any atom is -0.497 e. The molecule has 0 aliphatic carbocycles. The number of hydrogen-bond acceptors (Lipinski definition) is 3. The Balaban J connectivity index is 2.86. The summed E-state index contributed by atoms with van der Waals surface area (Å²) in [5.41, 5.74) is 2.47. The van der Waals surface area contributed by atoms with Crippen molar-refractivity contribution in [3.8, 4) is 0 Å². The van der Waals surface area contributed by atoms with E-state index in [1.165, 1.54) is 6.26 Å². The van der Waals surface area contributed by atoms with Gasteiger partial charge >= 0.3 is 0 Å². The molecular weight excluding hydrogens is 180 g/mol. The Hall–Kier alpha value is -1.32. The molecule has 76 valence electrons. The first-order chi connectivity index (χ1) is 6.80. The first kappa shape index (κ1) is 10.8. The standard InChI is InChI=1S/C11H14O3/c1-2-14-8-11-4-9(6-12)3-10(5-11)7-13/h2-5,12-13H,1,6-8H2. The van der Waals surface area contributed by atoms with E-state index in [4.69, 9.17) is 14.9 Å². The normalized spacial score (nSPS) is 9.86. The van der Waals surface area contributed by atoms with Crippen molar-refractivity contribution in [3.05, 3.63) is 47.7 Å². The van der Waals surface area contributed by atoms with E-state index in [0.717, 1.165) is 16.7 Å². The molecule has 0 spiro atoms. The molecule has 0 heterocycles. The number of aliphatic hydroxyl groups is 2. The van der Waals surface area contributed by atoms with Crippen LogP contribution < -0.4 is 0 Å². The minimum absolute atomic E-state index is 0.0328. The van der Waals surface area contributed by atoms with Gasteiger partial charge in [-0.2, -0.15) is 0 Å². The van der Waals surface area contributed by atoms with Crippen LogP contribution in [-0.2, 0) is 24.6 Å². The highest BCUT2D eigenvalue weighted by Gasteiger charge is 1.99. The molecular formula is C11H14O3. The predicted octanol–water partition coefficient (Wildman–Crippen LogP) is 1.33. The minimum atomic E-state index is -0.0328. The predicted molar refractivity (Wildman–Crippen MR) is 53.3 cm³/mol. The molecule has 0 aromatic heterocycles. The van der Waals surface area contributed by atoms with Gasteiger partial charge in [0, 0.05) is 0 Å². The average molecular weight is 194 g/mol. The van der Waals surface area contributed by atoms with E-state index in [-0.39, 0.29) is 13.2 Å². The van der Waals surface area contributed by atoms with Gasteiger partial charge in [-0.25, -0.2) is 0 Å². The number of ether oxygens (including phenoxy) is 1. The van der Waals surface area contributed by atoms with Crippen molar-refractivity contribution in [3.63, 3.8) is 0 Å². The summed E-state index contributed by atoms with van der Waals surface area (Å²) in [6.45, 7) is 3.78. The van der Waals surface area contributed by atoms with Gasteiger partial charge in [-0.15, -0.1) is 0 Å². The Morgan fingerprint density at radius 1 is 1.07 bits per heavy atom. The second-order valence-electron chi connectivity index (χ2n) is 2.95. The zero-order valence-electron chi connectivity index (χ0n) is 7.94. The smallest absolute Gasteiger partial charge is 0.112 e. The third-order valence-electron chi connectivity index (χ3n) is 1.85. The van der Waals surface area contributed by atoms with Gasteiger partial charge in [0.2, 0.25) is 0 Å². The maximum atomic E-state index is 8.96. The molecule has 0 amide bonds. The van der Waals surface area contributed by atoms with Crippen LogP contribution in [0.2, 0.25) is 0 Å². The van der Waals surface area contributed by atoms with Crippen LogP contribution in [0.5, 0.6) is 0 Å². The molecule has 3 heteroatoms. The summed E-state index contributed by atoms with van der Waals surface area (Å²) in [7, 11) is 0. The summed E-state index contributed by atoms with van der Waals surface area (Å²) in [5, 5.41) is 17.9. The number of benzene rings is 1. The first-order valence-electron chi connectivity index (χ1n) is 4.36. The van der Waals surface area contributed by atoms with Gasteiger partial charge in [0.15, 0.2) is 0 Å². The SMILES string of the molecule is C=COCc1cc(CO)cc(CO)c1. The van der Waals surface area contributed by atoms with Crippen LogP contribution in [0.15, 0.2) is 31.0 Å². The van der Waals surface area contributed by atoms with E-state index in [9.17, 15) is 0 Å². The fourth-order valence-corrected chi connectivity index (χ4v) is 1.26. The van der Waals surface area contributed by atoms with Crippen LogP contribution in [0.25, 0.3) is 0 Å². The number of rotatable bonds is 5. The Bertz CT molecular complexity index is 285. The maximum Gasteiger partial charge on any atom is 0.112 e. The lowest BCUT2D eigenvalue weighted by atomic mass is 10.1. The van der Waals surface area contributed by atoms with Crippen LogP contribution in [-0.4, -0.2) is 10.2 Å². The number of aliphatic hydroxyl groups excluding tert-OH is 2. The molecule has 0 unspecified atom stereocenters. The topological polar surface area (TPSA) is 49.7 Å². The van der Waals surface area contributed by atoms with Crippen molar-refractivity contribution in [1.82, 2.24) is 0 Å². The van der Waals surface area contributed by atoms with Gasteiger partial charge in [0.1, 0.15) is 6.61 Å². The summed E-state index contributed by atoms with van der Waals surface area (Å²) < 4.78 is 5.02. The molecule has 1 aromatic rings. The molecule has 1 rings (SSSR count). The molecule has 0 aliphatic rings. The second-order valence-corrected chi connectivity index (χ2v) is 2.95. The Morgan fingerprint density at radius 2 is 1.57 bits per heavy atom. The summed E-state index contributed by atoms with van der Waals surface area (Å²) >= 11 is 0. The van der Waals surface area contributed by atoms with Crippen LogP contribution in [0.3, 0.4) is 0 Å². The zero-order valence-corrected chi connectivity index (χ0v) is 7.94. The molecule has 0 saturated heterocycles. The van der Waals surface area contributed by atoms with Crippen molar-refractivity contribution in [2.45, 2.75) is 19.8 Å². The summed E-state index contributed by atoms with van der Waals surface area (Å²) in [5.74, 6) is 0. The van der Waals surface area contributed by atoms with Gasteiger partial charge in [0.05, 0.1) is 19.5 Å². The van der Waals surface area contributed by atoms with Crippen molar-refractivity contribution in [2.24, 2.45) is 0 Å².